The van der Waals surface area contributed by atoms with Gasteiger partial charge in [-0.15, -0.1) is 0 Å². The molecule has 2 atom stereocenters. The van der Waals surface area contributed by atoms with E-state index in [1.54, 1.807) is 19.1 Å². The Morgan fingerprint density at radius 2 is 1.38 bits per heavy atom. The second kappa shape index (κ2) is 21.8. The average molecular weight is 841 g/mol. The van der Waals surface area contributed by atoms with Crippen molar-refractivity contribution in [3.05, 3.63) is 105 Å². The molecule has 2 aliphatic rings. The molecular formula is C46H56N4O11. The van der Waals surface area contributed by atoms with Crippen LogP contribution >= 0.6 is 0 Å². The second-order valence-corrected chi connectivity index (χ2v) is 15.7. The van der Waals surface area contributed by atoms with Gasteiger partial charge in [0.25, 0.3) is 0 Å². The summed E-state index contributed by atoms with van der Waals surface area (Å²) >= 11 is 0. The first-order valence-electron chi connectivity index (χ1n) is 20.7. The molecule has 0 unspecified atom stereocenters. The van der Waals surface area contributed by atoms with E-state index in [9.17, 15) is 33.6 Å². The van der Waals surface area contributed by atoms with E-state index in [-0.39, 0.29) is 81.2 Å². The fourth-order valence-electron chi connectivity index (χ4n) is 8.08. The van der Waals surface area contributed by atoms with Crippen molar-refractivity contribution in [2.75, 3.05) is 21.3 Å². The maximum Gasteiger partial charge on any atom is 0.355 e. The van der Waals surface area contributed by atoms with E-state index < -0.39 is 47.3 Å². The Morgan fingerprint density at radius 3 is 2.00 bits per heavy atom. The van der Waals surface area contributed by atoms with Crippen molar-refractivity contribution in [3.63, 3.8) is 0 Å². The zero-order chi connectivity index (χ0) is 43.9. The summed E-state index contributed by atoms with van der Waals surface area (Å²) < 4.78 is 20.5. The minimum absolute atomic E-state index is 0.00186. The zero-order valence-corrected chi connectivity index (χ0v) is 35.3. The lowest BCUT2D eigenvalue weighted by Crippen LogP contribution is -2.51. The van der Waals surface area contributed by atoms with Crippen molar-refractivity contribution in [2.24, 2.45) is 0 Å². The number of carbonyl (C=O) groups excluding carboxylic acids is 7. The standard InChI is InChI=1S/C46H56N4O11/c1-46(27-37-34(25-41(54)60-4)32(20-22-39(52)58-2)42(49-37)45(57)61-28-30-16-10-6-11-17-30)35(33(43(55)50-46)21-23-40(53)59-3)26-38(51)48-36(24-29-14-8-5-9-15-29)44(56)47-31-18-12-7-13-19-31/h5-6,8-11,14-17,31,36,49H,7,12-13,18-28H2,1-4H3,(H,47,56)(H,48,51)(H,50,55)/t36-,46+/m0/s1. The molecule has 15 nitrogen and oxygen atoms in total. The summed E-state index contributed by atoms with van der Waals surface area (Å²) in [7, 11) is 3.71. The molecular weight excluding hydrogens is 785 g/mol. The summed E-state index contributed by atoms with van der Waals surface area (Å²) in [4.78, 5) is 96.5. The minimum Gasteiger partial charge on any atom is -0.469 e. The van der Waals surface area contributed by atoms with E-state index >= 15 is 0 Å². The number of nitrogens with one attached hydrogen (secondary N) is 4. The van der Waals surface area contributed by atoms with Crippen molar-refractivity contribution in [2.45, 2.75) is 115 Å². The number of H-pyrrole nitrogens is 1. The molecule has 0 bridgehead atoms. The van der Waals surface area contributed by atoms with Gasteiger partial charge in [-0.2, -0.15) is 0 Å². The number of aromatic nitrogens is 1. The molecule has 61 heavy (non-hydrogen) atoms. The van der Waals surface area contributed by atoms with E-state index in [0.29, 0.717) is 22.4 Å². The van der Waals surface area contributed by atoms with Crippen LogP contribution in [0.4, 0.5) is 0 Å². The van der Waals surface area contributed by atoms with Gasteiger partial charge in [-0.1, -0.05) is 79.9 Å². The lowest BCUT2D eigenvalue weighted by atomic mass is 9.83. The number of rotatable bonds is 20. The fourth-order valence-corrected chi connectivity index (χ4v) is 8.08. The molecule has 4 N–H and O–H groups in total. The topological polar surface area (TPSA) is 208 Å². The van der Waals surface area contributed by atoms with Crippen LogP contribution in [0.2, 0.25) is 0 Å². The van der Waals surface area contributed by atoms with E-state index in [2.05, 4.69) is 20.9 Å². The fraction of sp³-hybridized carbons (Fsp3) is 0.457. The third-order valence-electron chi connectivity index (χ3n) is 11.3. The van der Waals surface area contributed by atoms with Gasteiger partial charge in [-0.3, -0.25) is 28.8 Å². The Hall–Kier alpha value is -6.25. The first-order chi connectivity index (χ1) is 29.3. The van der Waals surface area contributed by atoms with Crippen LogP contribution in [-0.2, 0) is 80.0 Å². The molecule has 2 aromatic carbocycles. The van der Waals surface area contributed by atoms with Crippen LogP contribution in [0.15, 0.2) is 71.8 Å². The van der Waals surface area contributed by atoms with Gasteiger partial charge >= 0.3 is 23.9 Å². The molecule has 2 heterocycles. The number of benzene rings is 2. The molecule has 1 fully saturated rings. The highest BCUT2D eigenvalue weighted by Crippen LogP contribution is 2.37. The molecule has 3 aromatic rings. The van der Waals surface area contributed by atoms with Crippen molar-refractivity contribution in [3.8, 4) is 0 Å². The van der Waals surface area contributed by atoms with Crippen LogP contribution < -0.4 is 16.0 Å². The van der Waals surface area contributed by atoms with Crippen molar-refractivity contribution in [1.82, 2.24) is 20.9 Å². The normalized spacial score (nSPS) is 16.9. The van der Waals surface area contributed by atoms with E-state index in [0.717, 1.165) is 43.2 Å². The lowest BCUT2D eigenvalue weighted by Gasteiger charge is -2.29. The largest absolute Gasteiger partial charge is 0.469 e. The highest BCUT2D eigenvalue weighted by Gasteiger charge is 2.44. The average Bonchev–Trinajstić information content (AvgIpc) is 3.71. The SMILES string of the molecule is COC(=O)CCC1=C(CC(=O)N[C@@H](Cc2ccccc2)C(=O)NC2CCCCC2)[C@@](C)(Cc2[nH]c(C(=O)OCc3ccccc3)c(CCC(=O)OC)c2CC(=O)OC)NC1=O. The summed E-state index contributed by atoms with van der Waals surface area (Å²) in [5, 5.41) is 9.07. The Morgan fingerprint density at radius 1 is 0.770 bits per heavy atom. The van der Waals surface area contributed by atoms with Crippen molar-refractivity contribution >= 4 is 41.6 Å². The number of hydrogen-bond acceptors (Lipinski definition) is 11. The molecule has 326 valence electrons. The summed E-state index contributed by atoms with van der Waals surface area (Å²) in [6.07, 6.45) is 4.03. The highest BCUT2D eigenvalue weighted by atomic mass is 16.5. The zero-order valence-electron chi connectivity index (χ0n) is 35.3. The van der Waals surface area contributed by atoms with Crippen LogP contribution in [0.25, 0.3) is 0 Å². The van der Waals surface area contributed by atoms with Crippen molar-refractivity contribution < 1.29 is 52.5 Å². The predicted octanol–water partition coefficient (Wildman–Crippen LogP) is 4.44. The van der Waals surface area contributed by atoms with E-state index in [1.807, 2.05) is 48.5 Å². The maximum absolute atomic E-state index is 14.2. The molecule has 1 saturated carbocycles. The Bertz CT molecular complexity index is 2090. The van der Waals surface area contributed by atoms with Gasteiger partial charge in [0, 0.05) is 43.0 Å². The van der Waals surface area contributed by atoms with Crippen molar-refractivity contribution in [1.29, 1.82) is 0 Å². The Kier molecular flexibility index (Phi) is 16.4. The molecule has 1 aromatic heterocycles. The monoisotopic (exact) mass is 840 g/mol. The first-order valence-corrected chi connectivity index (χ1v) is 20.7. The van der Waals surface area contributed by atoms with Crippen LogP contribution in [0.3, 0.4) is 0 Å². The number of hydrogen-bond donors (Lipinski definition) is 4. The van der Waals surface area contributed by atoms with Gasteiger partial charge in [0.05, 0.1) is 39.7 Å². The quantitative estimate of drug-likeness (QED) is 0.0924. The van der Waals surface area contributed by atoms with Crippen LogP contribution in [0.5, 0.6) is 0 Å². The van der Waals surface area contributed by atoms with Gasteiger partial charge in [0.2, 0.25) is 17.7 Å². The molecule has 0 radical (unpaired) electrons. The highest BCUT2D eigenvalue weighted by molar-refractivity contribution is 6.01. The molecule has 1 aliphatic carbocycles. The molecule has 3 amide bonds. The molecule has 15 heteroatoms. The smallest absolute Gasteiger partial charge is 0.355 e. The van der Waals surface area contributed by atoms with E-state index in [4.69, 9.17) is 18.9 Å². The van der Waals surface area contributed by atoms with Gasteiger partial charge in [-0.25, -0.2) is 4.79 Å². The lowest BCUT2D eigenvalue weighted by molar-refractivity contribution is -0.141. The number of aromatic amines is 1. The van der Waals surface area contributed by atoms with Crippen LogP contribution in [0.1, 0.15) is 103 Å². The predicted molar refractivity (Wildman–Crippen MR) is 223 cm³/mol. The molecule has 0 saturated heterocycles. The number of ether oxygens (including phenoxy) is 4. The van der Waals surface area contributed by atoms with Crippen LogP contribution in [0, 0.1) is 0 Å². The second-order valence-electron chi connectivity index (χ2n) is 15.7. The number of amides is 3. The summed E-state index contributed by atoms with van der Waals surface area (Å²) in [6.45, 7) is 1.65. The Balaban J connectivity index is 1.51. The van der Waals surface area contributed by atoms with E-state index in [1.165, 1.54) is 21.3 Å². The third-order valence-corrected chi connectivity index (χ3v) is 11.3. The van der Waals surface area contributed by atoms with Gasteiger partial charge in [0.1, 0.15) is 18.3 Å². The number of methoxy groups -OCH3 is 3. The van der Waals surface area contributed by atoms with Gasteiger partial charge in [-0.05, 0) is 60.4 Å². The number of esters is 4. The summed E-state index contributed by atoms with van der Waals surface area (Å²) in [5.74, 6) is -3.83. The van der Waals surface area contributed by atoms with Gasteiger partial charge in [0.15, 0.2) is 0 Å². The molecule has 5 rings (SSSR count). The minimum atomic E-state index is -1.32. The van der Waals surface area contributed by atoms with Crippen LogP contribution in [-0.4, -0.2) is 85.5 Å². The Labute approximate surface area is 355 Å². The number of carbonyl (C=O) groups is 7. The maximum atomic E-state index is 14.2. The summed E-state index contributed by atoms with van der Waals surface area (Å²) in [5.41, 5.74) is 1.85. The molecule has 1 aliphatic heterocycles. The molecule has 0 spiro atoms. The first kappa shape index (κ1) is 45.8. The van der Waals surface area contributed by atoms with Gasteiger partial charge < -0.3 is 39.9 Å². The summed E-state index contributed by atoms with van der Waals surface area (Å²) in [6, 6.07) is 17.5. The third kappa shape index (κ3) is 12.6.